The summed E-state index contributed by atoms with van der Waals surface area (Å²) in [5.41, 5.74) is 9.84. The van der Waals surface area contributed by atoms with Crippen LogP contribution in [0.2, 0.25) is 0 Å². The third-order valence-corrected chi connectivity index (χ3v) is 3.98. The van der Waals surface area contributed by atoms with Crippen molar-refractivity contribution >= 4 is 0 Å². The van der Waals surface area contributed by atoms with E-state index in [4.69, 9.17) is 15.2 Å². The molecule has 1 aromatic carbocycles. The monoisotopic (exact) mass is 258 g/mol. The Hall–Kier alpha value is -1.73. The van der Waals surface area contributed by atoms with Crippen molar-refractivity contribution in [3.05, 3.63) is 22.3 Å². The maximum atomic E-state index is 9.38. The number of nitrogens with zero attached hydrogens (tertiary/aromatic N) is 1. The number of hydrogen-bond acceptors (Lipinski definition) is 4. The molecule has 2 heterocycles. The molecule has 3 rings (SSSR count). The largest absolute Gasteiger partial charge is 0.493 e. The number of nitrogens with two attached hydrogens (primary N) is 1. The topological polar surface area (TPSA) is 68.3 Å². The minimum absolute atomic E-state index is 0.408. The quantitative estimate of drug-likeness (QED) is 0.893. The zero-order valence-electron chi connectivity index (χ0n) is 11.2. The molecule has 19 heavy (non-hydrogen) atoms. The van der Waals surface area contributed by atoms with Crippen LogP contribution in [0.15, 0.2) is 0 Å². The molecule has 0 saturated carbocycles. The molecule has 0 amide bonds. The molecule has 0 bridgehead atoms. The smallest absolute Gasteiger partial charge is 0.141 e. The lowest BCUT2D eigenvalue weighted by Gasteiger charge is -2.17. The minimum atomic E-state index is 0.408. The number of benzene rings is 1. The Morgan fingerprint density at radius 2 is 1.89 bits per heavy atom. The van der Waals surface area contributed by atoms with Gasteiger partial charge in [-0.2, -0.15) is 5.26 Å². The zero-order chi connectivity index (χ0) is 13.4. The van der Waals surface area contributed by atoms with Gasteiger partial charge < -0.3 is 15.2 Å². The van der Waals surface area contributed by atoms with Gasteiger partial charge >= 0.3 is 0 Å². The van der Waals surface area contributed by atoms with Gasteiger partial charge in [-0.15, -0.1) is 0 Å². The van der Waals surface area contributed by atoms with Gasteiger partial charge in [0, 0.05) is 29.5 Å². The molecule has 2 aliphatic heterocycles. The standard InChI is InChI=1S/C15H18N2O2/c1-9(7-16)6-12-10-2-4-19-15(10)13(8-17)11-3-5-18-14(11)12/h9H,2-7,16H2,1H3. The van der Waals surface area contributed by atoms with Gasteiger partial charge in [0.05, 0.1) is 13.2 Å². The minimum Gasteiger partial charge on any atom is -0.493 e. The summed E-state index contributed by atoms with van der Waals surface area (Å²) in [7, 11) is 0. The van der Waals surface area contributed by atoms with Crippen molar-refractivity contribution in [3.63, 3.8) is 0 Å². The van der Waals surface area contributed by atoms with Crippen LogP contribution in [-0.2, 0) is 19.3 Å². The predicted molar refractivity (Wildman–Crippen MR) is 71.5 cm³/mol. The molecule has 4 heteroatoms. The van der Waals surface area contributed by atoms with Gasteiger partial charge in [0.2, 0.25) is 0 Å². The fraction of sp³-hybridized carbons (Fsp3) is 0.533. The van der Waals surface area contributed by atoms with Crippen LogP contribution in [0.3, 0.4) is 0 Å². The van der Waals surface area contributed by atoms with Crippen LogP contribution in [0.25, 0.3) is 0 Å². The number of fused-ring (bicyclic) bond motifs is 2. The fourth-order valence-corrected chi connectivity index (χ4v) is 2.97. The second kappa shape index (κ2) is 4.75. The Bertz CT molecular complexity index is 525. The van der Waals surface area contributed by atoms with E-state index in [9.17, 15) is 5.26 Å². The summed E-state index contributed by atoms with van der Waals surface area (Å²) in [6, 6.07) is 2.29. The molecule has 4 nitrogen and oxygen atoms in total. The van der Waals surface area contributed by atoms with E-state index in [1.54, 1.807) is 0 Å². The van der Waals surface area contributed by atoms with Crippen LogP contribution in [-0.4, -0.2) is 19.8 Å². The van der Waals surface area contributed by atoms with Crippen LogP contribution in [0.5, 0.6) is 11.5 Å². The van der Waals surface area contributed by atoms with Crippen molar-refractivity contribution in [2.45, 2.75) is 26.2 Å². The summed E-state index contributed by atoms with van der Waals surface area (Å²) in [5.74, 6) is 2.14. The van der Waals surface area contributed by atoms with Crippen LogP contribution in [0, 0.1) is 17.2 Å². The molecule has 1 atom stereocenters. The third kappa shape index (κ3) is 1.85. The van der Waals surface area contributed by atoms with Gasteiger partial charge in [-0.05, 0) is 18.9 Å². The molecule has 0 fully saturated rings. The lowest BCUT2D eigenvalue weighted by atomic mass is 9.89. The molecule has 1 unspecified atom stereocenters. The second-order valence-corrected chi connectivity index (χ2v) is 5.32. The molecule has 0 saturated heterocycles. The maximum absolute atomic E-state index is 9.38. The van der Waals surface area contributed by atoms with Crippen molar-refractivity contribution in [3.8, 4) is 17.6 Å². The number of nitriles is 1. The van der Waals surface area contributed by atoms with Crippen molar-refractivity contribution in [2.75, 3.05) is 19.8 Å². The van der Waals surface area contributed by atoms with Crippen molar-refractivity contribution < 1.29 is 9.47 Å². The summed E-state index contributed by atoms with van der Waals surface area (Å²) in [5, 5.41) is 9.38. The average molecular weight is 258 g/mol. The normalized spacial score (nSPS) is 17.1. The number of hydrogen-bond donors (Lipinski definition) is 1. The first-order valence-electron chi connectivity index (χ1n) is 6.82. The van der Waals surface area contributed by atoms with Gasteiger partial charge in [0.25, 0.3) is 0 Å². The molecule has 2 aliphatic rings. The molecule has 0 spiro atoms. The summed E-state index contributed by atoms with van der Waals surface area (Å²) in [6.07, 6.45) is 2.57. The van der Waals surface area contributed by atoms with Gasteiger partial charge in [-0.1, -0.05) is 6.92 Å². The van der Waals surface area contributed by atoms with Gasteiger partial charge in [0.15, 0.2) is 0 Å². The predicted octanol–water partition coefficient (Wildman–Crippen LogP) is 1.57. The molecule has 0 aliphatic carbocycles. The Morgan fingerprint density at radius 1 is 1.21 bits per heavy atom. The highest BCUT2D eigenvalue weighted by Gasteiger charge is 2.31. The Kier molecular flexibility index (Phi) is 3.08. The molecule has 0 radical (unpaired) electrons. The molecule has 100 valence electrons. The van der Waals surface area contributed by atoms with E-state index in [0.717, 1.165) is 41.9 Å². The summed E-state index contributed by atoms with van der Waals surface area (Å²) in [4.78, 5) is 0. The van der Waals surface area contributed by atoms with Gasteiger partial charge in [-0.25, -0.2) is 0 Å². The highest BCUT2D eigenvalue weighted by Crippen LogP contribution is 2.44. The molecule has 1 aromatic rings. The molecular weight excluding hydrogens is 240 g/mol. The van der Waals surface area contributed by atoms with Crippen LogP contribution < -0.4 is 15.2 Å². The lowest BCUT2D eigenvalue weighted by molar-refractivity contribution is 0.351. The summed E-state index contributed by atoms with van der Waals surface area (Å²) >= 11 is 0. The van der Waals surface area contributed by atoms with E-state index < -0.39 is 0 Å². The fourth-order valence-electron chi connectivity index (χ4n) is 2.97. The van der Waals surface area contributed by atoms with Gasteiger partial charge in [0.1, 0.15) is 23.1 Å². The maximum Gasteiger partial charge on any atom is 0.141 e. The van der Waals surface area contributed by atoms with E-state index in [1.165, 1.54) is 5.56 Å². The van der Waals surface area contributed by atoms with Crippen molar-refractivity contribution in [1.29, 1.82) is 5.26 Å². The third-order valence-electron chi connectivity index (χ3n) is 3.98. The van der Waals surface area contributed by atoms with Gasteiger partial charge in [-0.3, -0.25) is 0 Å². The zero-order valence-corrected chi connectivity index (χ0v) is 11.2. The van der Waals surface area contributed by atoms with E-state index in [-0.39, 0.29) is 0 Å². The molecular formula is C15H18N2O2. The van der Waals surface area contributed by atoms with E-state index >= 15 is 0 Å². The highest BCUT2D eigenvalue weighted by molar-refractivity contribution is 5.65. The van der Waals surface area contributed by atoms with Crippen LogP contribution in [0.4, 0.5) is 0 Å². The SMILES string of the molecule is CC(CN)Cc1c2c(c(C#N)c3c1OCC3)OCC2. The molecule has 2 N–H and O–H groups in total. The van der Waals surface area contributed by atoms with Crippen LogP contribution in [0.1, 0.15) is 29.2 Å². The number of ether oxygens (including phenoxy) is 2. The van der Waals surface area contributed by atoms with E-state index in [0.29, 0.717) is 31.2 Å². The molecule has 0 aromatic heterocycles. The Morgan fingerprint density at radius 3 is 2.58 bits per heavy atom. The highest BCUT2D eigenvalue weighted by atomic mass is 16.5. The van der Waals surface area contributed by atoms with E-state index in [2.05, 4.69) is 13.0 Å². The van der Waals surface area contributed by atoms with Crippen LogP contribution >= 0.6 is 0 Å². The Balaban J connectivity index is 2.17. The summed E-state index contributed by atoms with van der Waals surface area (Å²) in [6.45, 7) is 4.12. The van der Waals surface area contributed by atoms with Crippen molar-refractivity contribution in [2.24, 2.45) is 11.7 Å². The average Bonchev–Trinajstić information content (AvgIpc) is 3.06. The van der Waals surface area contributed by atoms with E-state index in [1.807, 2.05) is 0 Å². The lowest BCUT2D eigenvalue weighted by Crippen LogP contribution is -2.14. The second-order valence-electron chi connectivity index (χ2n) is 5.32. The van der Waals surface area contributed by atoms with Crippen molar-refractivity contribution in [1.82, 2.24) is 0 Å². The Labute approximate surface area is 113 Å². The summed E-state index contributed by atoms with van der Waals surface area (Å²) < 4.78 is 11.5. The first kappa shape index (κ1) is 12.3. The number of rotatable bonds is 3. The first-order valence-corrected chi connectivity index (χ1v) is 6.82. The first-order chi connectivity index (χ1) is 9.26.